The summed E-state index contributed by atoms with van der Waals surface area (Å²) in [6.45, 7) is 3.85. The van der Waals surface area contributed by atoms with Gasteiger partial charge in [-0.1, -0.05) is 29.8 Å². The number of hydrogen-bond acceptors (Lipinski definition) is 3. The van der Waals surface area contributed by atoms with Gasteiger partial charge in [-0.2, -0.15) is 0 Å². The van der Waals surface area contributed by atoms with E-state index in [0.717, 1.165) is 11.3 Å². The standard InChI is InChI=1S/C13H14N2O/c1-9-3-5-11(6-4-9)7-13-14-10(2)12(8-16)15-13/h3-7,16H,8H2,1-2H3. The highest BCUT2D eigenvalue weighted by atomic mass is 16.3. The fourth-order valence-electron chi connectivity index (χ4n) is 1.51. The van der Waals surface area contributed by atoms with Gasteiger partial charge in [0.25, 0.3) is 0 Å². The Morgan fingerprint density at radius 2 is 1.81 bits per heavy atom. The number of aliphatic hydroxyl groups is 1. The maximum absolute atomic E-state index is 9.02. The van der Waals surface area contributed by atoms with E-state index in [1.807, 2.05) is 25.1 Å². The van der Waals surface area contributed by atoms with E-state index in [2.05, 4.69) is 29.0 Å². The van der Waals surface area contributed by atoms with E-state index in [4.69, 9.17) is 5.11 Å². The Hall–Kier alpha value is -1.74. The molecule has 1 aromatic rings. The average Bonchev–Trinajstić information content (AvgIpc) is 2.62. The van der Waals surface area contributed by atoms with Crippen LogP contribution in [0, 0.1) is 6.92 Å². The summed E-state index contributed by atoms with van der Waals surface area (Å²) in [5.41, 5.74) is 3.74. The third-order valence-corrected chi connectivity index (χ3v) is 2.47. The van der Waals surface area contributed by atoms with Crippen molar-refractivity contribution in [3.05, 3.63) is 41.2 Å². The molecule has 1 aliphatic heterocycles. The van der Waals surface area contributed by atoms with Gasteiger partial charge in [-0.15, -0.1) is 0 Å². The van der Waals surface area contributed by atoms with E-state index in [1.54, 1.807) is 0 Å². The molecule has 0 radical (unpaired) electrons. The first-order chi connectivity index (χ1) is 7.69. The lowest BCUT2D eigenvalue weighted by molar-refractivity contribution is 0.359. The number of rotatable bonds is 2. The van der Waals surface area contributed by atoms with Crippen LogP contribution in [0.5, 0.6) is 0 Å². The molecule has 16 heavy (non-hydrogen) atoms. The molecule has 2 rings (SSSR count). The van der Waals surface area contributed by atoms with Gasteiger partial charge in [-0.05, 0) is 25.5 Å². The van der Waals surface area contributed by atoms with Gasteiger partial charge in [-0.25, -0.2) is 9.98 Å². The Morgan fingerprint density at radius 1 is 1.12 bits per heavy atom. The number of benzene rings is 1. The molecule has 3 nitrogen and oxygen atoms in total. The molecule has 0 unspecified atom stereocenters. The van der Waals surface area contributed by atoms with Gasteiger partial charge in [0.1, 0.15) is 0 Å². The zero-order valence-electron chi connectivity index (χ0n) is 9.44. The Kier molecular flexibility index (Phi) is 2.97. The predicted octanol–water partition coefficient (Wildman–Crippen LogP) is 2.20. The van der Waals surface area contributed by atoms with Crippen molar-refractivity contribution < 1.29 is 5.11 Å². The molecule has 3 heteroatoms. The fraction of sp³-hybridized carbons (Fsp3) is 0.231. The number of aliphatic hydroxyl groups excluding tert-OH is 1. The van der Waals surface area contributed by atoms with Gasteiger partial charge in [0.2, 0.25) is 0 Å². The summed E-state index contributed by atoms with van der Waals surface area (Å²) >= 11 is 0. The molecule has 0 aromatic heterocycles. The Labute approximate surface area is 94.9 Å². The highest BCUT2D eigenvalue weighted by molar-refractivity contribution is 6.43. The molecule has 1 N–H and O–H groups in total. The van der Waals surface area contributed by atoms with E-state index in [0.29, 0.717) is 11.5 Å². The lowest BCUT2D eigenvalue weighted by atomic mass is 10.1. The second kappa shape index (κ2) is 4.41. The van der Waals surface area contributed by atoms with E-state index in [-0.39, 0.29) is 6.61 Å². The molecule has 0 bridgehead atoms. The van der Waals surface area contributed by atoms with E-state index >= 15 is 0 Å². The van der Waals surface area contributed by atoms with Crippen LogP contribution in [0.2, 0.25) is 0 Å². The van der Waals surface area contributed by atoms with Crippen LogP contribution in [-0.2, 0) is 0 Å². The molecule has 1 aromatic carbocycles. The molecule has 0 spiro atoms. The second-order valence-electron chi connectivity index (χ2n) is 3.83. The van der Waals surface area contributed by atoms with Crippen molar-refractivity contribution in [3.8, 4) is 0 Å². The number of aliphatic imine (C=N–C) groups is 2. The van der Waals surface area contributed by atoms with Gasteiger partial charge >= 0.3 is 0 Å². The van der Waals surface area contributed by atoms with Crippen molar-refractivity contribution >= 4 is 17.5 Å². The molecule has 1 aliphatic rings. The molecule has 0 saturated carbocycles. The highest BCUT2D eigenvalue weighted by Crippen LogP contribution is 2.15. The van der Waals surface area contributed by atoms with Gasteiger partial charge < -0.3 is 5.11 Å². The van der Waals surface area contributed by atoms with Crippen LogP contribution in [-0.4, -0.2) is 23.1 Å². The summed E-state index contributed by atoms with van der Waals surface area (Å²) in [6.07, 6.45) is 1.91. The van der Waals surface area contributed by atoms with Crippen molar-refractivity contribution in [3.63, 3.8) is 0 Å². The molecule has 1 heterocycles. The molecule has 0 saturated heterocycles. The van der Waals surface area contributed by atoms with Gasteiger partial charge in [0.05, 0.1) is 18.0 Å². The van der Waals surface area contributed by atoms with Crippen LogP contribution < -0.4 is 0 Å². The van der Waals surface area contributed by atoms with Gasteiger partial charge in [-0.3, -0.25) is 0 Å². The SMILES string of the molecule is CC1=NC(=Cc2ccc(C)cc2)N=C1CO. The normalized spacial score (nSPS) is 17.6. The van der Waals surface area contributed by atoms with E-state index in [1.165, 1.54) is 5.56 Å². The molecular weight excluding hydrogens is 200 g/mol. The van der Waals surface area contributed by atoms with E-state index in [9.17, 15) is 0 Å². The minimum atomic E-state index is -0.0550. The van der Waals surface area contributed by atoms with Crippen molar-refractivity contribution in [2.75, 3.05) is 6.61 Å². The Bertz CT molecular complexity index is 481. The molecule has 0 fully saturated rings. The smallest absolute Gasteiger partial charge is 0.153 e. The predicted molar refractivity (Wildman–Crippen MR) is 66.8 cm³/mol. The Balaban J connectivity index is 2.27. The van der Waals surface area contributed by atoms with Gasteiger partial charge in [0.15, 0.2) is 5.82 Å². The monoisotopic (exact) mass is 214 g/mol. The van der Waals surface area contributed by atoms with Crippen LogP contribution in [0.4, 0.5) is 0 Å². The third-order valence-electron chi connectivity index (χ3n) is 2.47. The maximum atomic E-state index is 9.02. The first-order valence-electron chi connectivity index (χ1n) is 5.21. The minimum absolute atomic E-state index is 0.0550. The van der Waals surface area contributed by atoms with Crippen LogP contribution in [0.3, 0.4) is 0 Å². The maximum Gasteiger partial charge on any atom is 0.153 e. The number of aryl methyl sites for hydroxylation is 1. The van der Waals surface area contributed by atoms with Crippen LogP contribution in [0.25, 0.3) is 6.08 Å². The lowest BCUT2D eigenvalue weighted by Crippen LogP contribution is -2.10. The van der Waals surface area contributed by atoms with E-state index < -0.39 is 0 Å². The number of nitrogens with zero attached hydrogens (tertiary/aromatic N) is 2. The summed E-state index contributed by atoms with van der Waals surface area (Å²) in [5.74, 6) is 0.658. The molecule has 82 valence electrons. The summed E-state index contributed by atoms with van der Waals surface area (Å²) in [5, 5.41) is 9.02. The fourth-order valence-corrected chi connectivity index (χ4v) is 1.51. The largest absolute Gasteiger partial charge is 0.390 e. The number of hydrogen-bond donors (Lipinski definition) is 1. The highest BCUT2D eigenvalue weighted by Gasteiger charge is 2.11. The zero-order valence-corrected chi connectivity index (χ0v) is 9.44. The van der Waals surface area contributed by atoms with Crippen molar-refractivity contribution in [2.24, 2.45) is 9.98 Å². The van der Waals surface area contributed by atoms with Gasteiger partial charge in [0, 0.05) is 0 Å². The van der Waals surface area contributed by atoms with Crippen LogP contribution >= 0.6 is 0 Å². The average molecular weight is 214 g/mol. The summed E-state index contributed by atoms with van der Waals surface area (Å²) in [6, 6.07) is 8.16. The molecular formula is C13H14N2O. The summed E-state index contributed by atoms with van der Waals surface area (Å²) in [4.78, 5) is 8.50. The Morgan fingerprint density at radius 3 is 2.38 bits per heavy atom. The molecule has 0 atom stereocenters. The topological polar surface area (TPSA) is 45.0 Å². The third kappa shape index (κ3) is 2.25. The first kappa shape index (κ1) is 10.8. The minimum Gasteiger partial charge on any atom is -0.390 e. The summed E-state index contributed by atoms with van der Waals surface area (Å²) in [7, 11) is 0. The van der Waals surface area contributed by atoms with Crippen LogP contribution in [0.1, 0.15) is 18.1 Å². The summed E-state index contributed by atoms with van der Waals surface area (Å²) < 4.78 is 0. The second-order valence-corrected chi connectivity index (χ2v) is 3.83. The quantitative estimate of drug-likeness (QED) is 0.806. The van der Waals surface area contributed by atoms with Crippen LogP contribution in [0.15, 0.2) is 40.1 Å². The molecule has 0 aliphatic carbocycles. The first-order valence-corrected chi connectivity index (χ1v) is 5.21. The molecule has 0 amide bonds. The lowest BCUT2D eigenvalue weighted by Gasteiger charge is -1.95. The van der Waals surface area contributed by atoms with Crippen molar-refractivity contribution in [1.29, 1.82) is 0 Å². The zero-order chi connectivity index (χ0) is 11.5. The van der Waals surface area contributed by atoms with Crippen molar-refractivity contribution in [2.45, 2.75) is 13.8 Å². The van der Waals surface area contributed by atoms with Crippen molar-refractivity contribution in [1.82, 2.24) is 0 Å².